The summed E-state index contributed by atoms with van der Waals surface area (Å²) in [5.74, 6) is -1.00. The summed E-state index contributed by atoms with van der Waals surface area (Å²) >= 11 is 11.7. The molecule has 0 unspecified atom stereocenters. The normalized spacial score (nSPS) is 11.3. The lowest BCUT2D eigenvalue weighted by molar-refractivity contribution is -0.118. The van der Waals surface area contributed by atoms with E-state index in [1.165, 1.54) is 37.4 Å². The zero-order valence-corrected chi connectivity index (χ0v) is 17.0. The highest BCUT2D eigenvalue weighted by atomic mass is 35.5. The second-order valence-corrected chi connectivity index (χ2v) is 8.03. The van der Waals surface area contributed by atoms with Gasteiger partial charge in [-0.3, -0.25) is 4.79 Å². The Morgan fingerprint density at radius 1 is 1.14 bits per heavy atom. The van der Waals surface area contributed by atoms with Crippen molar-refractivity contribution in [2.45, 2.75) is 4.90 Å². The number of carbonyl (C=O) groups excluding carboxylic acids is 1. The standard InChI is InChI=1S/C17H17Cl2FN2O5S/c1-26-7-6-21-28(24,25)12-3-5-16(14(19)9-12)27-10-17(23)22-11-2-4-15(20)13(18)8-11/h2-5,8-9,21H,6-7,10H2,1H3,(H,22,23). The van der Waals surface area contributed by atoms with Gasteiger partial charge in [-0.15, -0.1) is 0 Å². The first kappa shape index (κ1) is 22.4. The van der Waals surface area contributed by atoms with Crippen molar-refractivity contribution in [2.24, 2.45) is 0 Å². The highest BCUT2D eigenvalue weighted by Crippen LogP contribution is 2.27. The number of rotatable bonds is 9. The lowest BCUT2D eigenvalue weighted by Gasteiger charge is -2.11. The number of halogens is 3. The Morgan fingerprint density at radius 3 is 2.54 bits per heavy atom. The van der Waals surface area contributed by atoms with Crippen LogP contribution in [0.5, 0.6) is 5.75 Å². The molecule has 11 heteroatoms. The lowest BCUT2D eigenvalue weighted by atomic mass is 10.3. The first-order valence-electron chi connectivity index (χ1n) is 7.89. The molecular formula is C17H17Cl2FN2O5S. The molecule has 0 spiro atoms. The Morgan fingerprint density at radius 2 is 1.89 bits per heavy atom. The summed E-state index contributed by atoms with van der Waals surface area (Å²) in [5.41, 5.74) is 0.301. The highest BCUT2D eigenvalue weighted by Gasteiger charge is 2.16. The fourth-order valence-electron chi connectivity index (χ4n) is 2.04. The Hall–Kier alpha value is -1.91. The van der Waals surface area contributed by atoms with E-state index in [1.807, 2.05) is 0 Å². The number of hydrogen-bond donors (Lipinski definition) is 2. The molecule has 0 aliphatic heterocycles. The fourth-order valence-corrected chi connectivity index (χ4v) is 3.56. The van der Waals surface area contributed by atoms with E-state index in [-0.39, 0.29) is 33.8 Å². The van der Waals surface area contributed by atoms with Crippen LogP contribution in [0.1, 0.15) is 0 Å². The van der Waals surface area contributed by atoms with Gasteiger partial charge in [-0.2, -0.15) is 0 Å². The van der Waals surface area contributed by atoms with Gasteiger partial charge in [-0.25, -0.2) is 17.5 Å². The van der Waals surface area contributed by atoms with Crippen molar-refractivity contribution >= 4 is 44.8 Å². The van der Waals surface area contributed by atoms with E-state index in [1.54, 1.807) is 0 Å². The molecule has 7 nitrogen and oxygen atoms in total. The molecule has 0 atom stereocenters. The van der Waals surface area contributed by atoms with Crippen molar-refractivity contribution in [2.75, 3.05) is 32.2 Å². The number of methoxy groups -OCH3 is 1. The van der Waals surface area contributed by atoms with E-state index in [9.17, 15) is 17.6 Å². The molecule has 2 rings (SSSR count). The van der Waals surface area contributed by atoms with Crippen LogP contribution in [-0.4, -0.2) is 41.2 Å². The maximum atomic E-state index is 13.1. The van der Waals surface area contributed by atoms with E-state index >= 15 is 0 Å². The van der Waals surface area contributed by atoms with Gasteiger partial charge in [0.05, 0.1) is 21.5 Å². The Labute approximate surface area is 171 Å². The topological polar surface area (TPSA) is 93.7 Å². The molecule has 0 aliphatic carbocycles. The number of nitrogens with one attached hydrogen (secondary N) is 2. The molecule has 2 aromatic carbocycles. The molecule has 0 saturated heterocycles. The average Bonchev–Trinajstić information content (AvgIpc) is 2.64. The first-order valence-corrected chi connectivity index (χ1v) is 10.1. The smallest absolute Gasteiger partial charge is 0.262 e. The Bertz CT molecular complexity index is 957. The number of hydrogen-bond acceptors (Lipinski definition) is 5. The molecule has 0 radical (unpaired) electrons. The van der Waals surface area contributed by atoms with E-state index in [4.69, 9.17) is 32.7 Å². The summed E-state index contributed by atoms with van der Waals surface area (Å²) in [6.07, 6.45) is 0. The summed E-state index contributed by atoms with van der Waals surface area (Å²) in [4.78, 5) is 11.9. The van der Waals surface area contributed by atoms with Crippen LogP contribution in [-0.2, 0) is 19.6 Å². The third-order valence-corrected chi connectivity index (χ3v) is 5.42. The van der Waals surface area contributed by atoms with Gasteiger partial charge in [0.2, 0.25) is 10.0 Å². The molecule has 0 heterocycles. The third kappa shape index (κ3) is 6.32. The van der Waals surface area contributed by atoms with Crippen LogP contribution in [0.2, 0.25) is 10.0 Å². The van der Waals surface area contributed by atoms with Crippen LogP contribution in [0.3, 0.4) is 0 Å². The summed E-state index contributed by atoms with van der Waals surface area (Å²) < 4.78 is 49.8. The van der Waals surface area contributed by atoms with Gasteiger partial charge in [-0.05, 0) is 36.4 Å². The van der Waals surface area contributed by atoms with Crippen molar-refractivity contribution in [3.8, 4) is 5.75 Å². The number of carbonyl (C=O) groups is 1. The Balaban J connectivity index is 1.97. The Kier molecular flexibility index (Phi) is 8.02. The van der Waals surface area contributed by atoms with Crippen LogP contribution >= 0.6 is 23.2 Å². The molecule has 0 aliphatic rings. The zero-order valence-electron chi connectivity index (χ0n) is 14.7. The maximum absolute atomic E-state index is 13.1. The number of sulfonamides is 1. The highest BCUT2D eigenvalue weighted by molar-refractivity contribution is 7.89. The molecule has 0 aromatic heterocycles. The van der Waals surface area contributed by atoms with E-state index in [0.717, 1.165) is 6.07 Å². The van der Waals surface area contributed by atoms with Gasteiger partial charge in [0, 0.05) is 19.3 Å². The summed E-state index contributed by atoms with van der Waals surface area (Å²) in [6.45, 7) is -0.0578. The second kappa shape index (κ2) is 10.0. The van der Waals surface area contributed by atoms with Crippen molar-refractivity contribution < 1.29 is 27.1 Å². The monoisotopic (exact) mass is 450 g/mol. The predicted molar refractivity (Wildman–Crippen MR) is 104 cm³/mol. The fraction of sp³-hybridized carbons (Fsp3) is 0.235. The van der Waals surface area contributed by atoms with Gasteiger partial charge in [0.25, 0.3) is 5.91 Å². The number of amides is 1. The van der Waals surface area contributed by atoms with Crippen molar-refractivity contribution in [3.05, 3.63) is 52.3 Å². The van der Waals surface area contributed by atoms with E-state index < -0.39 is 28.4 Å². The first-order chi connectivity index (χ1) is 13.2. The van der Waals surface area contributed by atoms with Crippen LogP contribution in [0.4, 0.5) is 10.1 Å². The average molecular weight is 451 g/mol. The second-order valence-electron chi connectivity index (χ2n) is 5.45. The number of benzene rings is 2. The van der Waals surface area contributed by atoms with Gasteiger partial charge < -0.3 is 14.8 Å². The van der Waals surface area contributed by atoms with Gasteiger partial charge in [-0.1, -0.05) is 23.2 Å². The molecule has 0 bridgehead atoms. The minimum atomic E-state index is -3.74. The van der Waals surface area contributed by atoms with Crippen molar-refractivity contribution in [3.63, 3.8) is 0 Å². The maximum Gasteiger partial charge on any atom is 0.262 e. The zero-order chi connectivity index (χ0) is 20.7. The van der Waals surface area contributed by atoms with Gasteiger partial charge >= 0.3 is 0 Å². The van der Waals surface area contributed by atoms with Crippen LogP contribution in [0.15, 0.2) is 41.3 Å². The van der Waals surface area contributed by atoms with Gasteiger partial charge in [0.15, 0.2) is 6.61 Å². The molecular weight excluding hydrogens is 434 g/mol. The third-order valence-electron chi connectivity index (χ3n) is 3.37. The minimum Gasteiger partial charge on any atom is -0.482 e. The quantitative estimate of drug-likeness (QED) is 0.572. The van der Waals surface area contributed by atoms with Crippen LogP contribution < -0.4 is 14.8 Å². The lowest BCUT2D eigenvalue weighted by Crippen LogP contribution is -2.27. The molecule has 1 amide bonds. The summed E-state index contributed by atoms with van der Waals surface area (Å²) in [7, 11) is -2.29. The van der Waals surface area contributed by atoms with E-state index in [2.05, 4.69) is 10.0 Å². The molecule has 2 N–H and O–H groups in total. The summed E-state index contributed by atoms with van der Waals surface area (Å²) in [5, 5.41) is 2.38. The van der Waals surface area contributed by atoms with Crippen LogP contribution in [0, 0.1) is 5.82 Å². The molecule has 152 valence electrons. The largest absolute Gasteiger partial charge is 0.482 e. The molecule has 2 aromatic rings. The van der Waals surface area contributed by atoms with Crippen molar-refractivity contribution in [1.82, 2.24) is 4.72 Å². The van der Waals surface area contributed by atoms with Gasteiger partial charge in [0.1, 0.15) is 11.6 Å². The molecule has 28 heavy (non-hydrogen) atoms. The summed E-state index contributed by atoms with van der Waals surface area (Å²) in [6, 6.07) is 7.59. The SMILES string of the molecule is COCCNS(=O)(=O)c1ccc(OCC(=O)Nc2ccc(F)c(Cl)c2)c(Cl)c1. The van der Waals surface area contributed by atoms with E-state index in [0.29, 0.717) is 5.69 Å². The minimum absolute atomic E-state index is 0.0206. The molecule has 0 fully saturated rings. The predicted octanol–water partition coefficient (Wildman–Crippen LogP) is 3.07. The molecule has 0 saturated carbocycles. The van der Waals surface area contributed by atoms with Crippen LogP contribution in [0.25, 0.3) is 0 Å². The number of anilines is 1. The van der Waals surface area contributed by atoms with Crippen molar-refractivity contribution in [1.29, 1.82) is 0 Å². The number of ether oxygens (including phenoxy) is 2.